The molecule has 2 aromatic heterocycles. The van der Waals surface area contributed by atoms with Gasteiger partial charge in [0.05, 0.1) is 5.56 Å². The van der Waals surface area contributed by atoms with Gasteiger partial charge in [-0.15, -0.1) is 0 Å². The highest BCUT2D eigenvalue weighted by molar-refractivity contribution is 5.90. The van der Waals surface area contributed by atoms with Gasteiger partial charge in [0.1, 0.15) is 11.3 Å². The van der Waals surface area contributed by atoms with Crippen LogP contribution in [0.15, 0.2) is 24.3 Å². The molecular formula is C26H30F3N5O2. The van der Waals surface area contributed by atoms with Gasteiger partial charge in [-0.25, -0.2) is 19.7 Å². The molecule has 0 aliphatic heterocycles. The second-order valence-electron chi connectivity index (χ2n) is 9.97. The molecule has 10 heteroatoms. The van der Waals surface area contributed by atoms with Crippen molar-refractivity contribution in [2.24, 2.45) is 5.92 Å². The van der Waals surface area contributed by atoms with Gasteiger partial charge >= 0.3 is 12.1 Å². The van der Waals surface area contributed by atoms with E-state index in [4.69, 9.17) is 4.98 Å². The molecule has 7 nitrogen and oxygen atoms in total. The van der Waals surface area contributed by atoms with Gasteiger partial charge in [-0.3, -0.25) is 0 Å². The molecule has 0 atom stereocenters. The van der Waals surface area contributed by atoms with Crippen LogP contribution in [0.3, 0.4) is 0 Å². The van der Waals surface area contributed by atoms with Gasteiger partial charge in [-0.05, 0) is 42.9 Å². The van der Waals surface area contributed by atoms with Crippen LogP contribution in [0.5, 0.6) is 0 Å². The molecule has 2 aliphatic carbocycles. The minimum atomic E-state index is -4.40. The van der Waals surface area contributed by atoms with Gasteiger partial charge in [0.2, 0.25) is 5.82 Å². The van der Waals surface area contributed by atoms with E-state index in [0.29, 0.717) is 41.6 Å². The molecule has 2 saturated carbocycles. The van der Waals surface area contributed by atoms with Crippen molar-refractivity contribution in [2.75, 3.05) is 11.9 Å². The highest BCUT2D eigenvalue weighted by Gasteiger charge is 2.30. The van der Waals surface area contributed by atoms with Crippen LogP contribution in [-0.2, 0) is 12.7 Å². The van der Waals surface area contributed by atoms with E-state index in [1.54, 1.807) is 0 Å². The number of nitrogens with zero attached hydrogens (tertiary/aromatic N) is 4. The second kappa shape index (κ2) is 10.1. The number of aromatic carboxylic acids is 1. The molecule has 0 unspecified atom stereocenters. The van der Waals surface area contributed by atoms with E-state index in [0.717, 1.165) is 56.5 Å². The van der Waals surface area contributed by atoms with Crippen molar-refractivity contribution in [1.29, 1.82) is 0 Å². The van der Waals surface area contributed by atoms with Crippen molar-refractivity contribution in [3.63, 3.8) is 0 Å². The van der Waals surface area contributed by atoms with E-state index in [9.17, 15) is 23.1 Å². The fourth-order valence-electron chi connectivity index (χ4n) is 5.26. The molecule has 0 spiro atoms. The minimum Gasteiger partial charge on any atom is -0.475 e. The average Bonchev–Trinajstić information content (AvgIpc) is 3.19. The largest absolute Gasteiger partial charge is 0.475 e. The monoisotopic (exact) mass is 501 g/mol. The van der Waals surface area contributed by atoms with Crippen molar-refractivity contribution in [2.45, 2.75) is 76.4 Å². The maximum Gasteiger partial charge on any atom is 0.416 e. The van der Waals surface area contributed by atoms with Crippen molar-refractivity contribution in [1.82, 2.24) is 19.5 Å². The van der Waals surface area contributed by atoms with Gasteiger partial charge < -0.3 is 15.0 Å². The number of carbonyl (C=O) groups is 1. The van der Waals surface area contributed by atoms with Gasteiger partial charge in [0.15, 0.2) is 11.5 Å². The standard InChI is InChI=1S/C26H30F3N5O2/c27-26(28,29)19-11-9-17(10-12-19)15-34-20-21(30-14-13-16-5-4-6-16)31-23(25(35)36)32-22(20)33-24(34)18-7-2-1-3-8-18/h9-12,16,18H,1-8,13-15H2,(H,35,36)(H,30,31,32). The zero-order valence-corrected chi connectivity index (χ0v) is 20.0. The number of aromatic nitrogens is 4. The Hall–Kier alpha value is -3.17. The number of alkyl halides is 3. The lowest BCUT2D eigenvalue weighted by atomic mass is 9.83. The summed E-state index contributed by atoms with van der Waals surface area (Å²) in [6.45, 7) is 0.952. The van der Waals surface area contributed by atoms with Crippen molar-refractivity contribution < 1.29 is 23.1 Å². The van der Waals surface area contributed by atoms with Crippen LogP contribution in [0.1, 0.15) is 91.3 Å². The maximum atomic E-state index is 13.1. The summed E-state index contributed by atoms with van der Waals surface area (Å²) in [5.74, 6) is 0.516. The molecule has 192 valence electrons. The smallest absolute Gasteiger partial charge is 0.416 e. The quantitative estimate of drug-likeness (QED) is 0.380. The normalized spacial score (nSPS) is 17.3. The summed E-state index contributed by atoms with van der Waals surface area (Å²) in [5, 5.41) is 12.9. The highest BCUT2D eigenvalue weighted by atomic mass is 19.4. The van der Waals surface area contributed by atoms with Crippen LogP contribution in [0, 0.1) is 5.92 Å². The minimum absolute atomic E-state index is 0.179. The first-order valence-corrected chi connectivity index (χ1v) is 12.7. The second-order valence-corrected chi connectivity index (χ2v) is 9.97. The SMILES string of the molecule is O=C(O)c1nc(NCCC2CCC2)c2c(n1)nc(C1CCCCC1)n2Cc1ccc(C(F)(F)F)cc1. The Balaban J connectivity index is 1.56. The number of rotatable bonds is 8. The predicted molar refractivity (Wildman–Crippen MR) is 129 cm³/mol. The number of hydrogen-bond acceptors (Lipinski definition) is 5. The third-order valence-corrected chi connectivity index (χ3v) is 7.49. The summed E-state index contributed by atoms with van der Waals surface area (Å²) in [6, 6.07) is 5.14. The van der Waals surface area contributed by atoms with E-state index in [2.05, 4.69) is 15.3 Å². The van der Waals surface area contributed by atoms with E-state index in [1.807, 2.05) is 4.57 Å². The number of nitrogens with one attached hydrogen (secondary N) is 1. The number of carboxylic acids is 1. The zero-order valence-electron chi connectivity index (χ0n) is 20.0. The predicted octanol–water partition coefficient (Wildman–Crippen LogP) is 6.24. The Morgan fingerprint density at radius 2 is 1.72 bits per heavy atom. The van der Waals surface area contributed by atoms with Crippen molar-refractivity contribution in [3.05, 3.63) is 47.0 Å². The Morgan fingerprint density at radius 3 is 2.33 bits per heavy atom. The van der Waals surface area contributed by atoms with Gasteiger partial charge in [-0.1, -0.05) is 50.7 Å². The molecule has 0 saturated heterocycles. The molecule has 0 bridgehead atoms. The van der Waals surface area contributed by atoms with Crippen LogP contribution < -0.4 is 5.32 Å². The van der Waals surface area contributed by atoms with E-state index in [1.165, 1.54) is 31.4 Å². The molecule has 36 heavy (non-hydrogen) atoms. The van der Waals surface area contributed by atoms with Gasteiger partial charge in [0.25, 0.3) is 0 Å². The molecule has 0 radical (unpaired) electrons. The summed E-state index contributed by atoms with van der Waals surface area (Å²) in [4.78, 5) is 25.1. The summed E-state index contributed by atoms with van der Waals surface area (Å²) >= 11 is 0. The lowest BCUT2D eigenvalue weighted by molar-refractivity contribution is -0.137. The fourth-order valence-corrected chi connectivity index (χ4v) is 5.26. The Labute approximate surface area is 207 Å². The molecule has 2 fully saturated rings. The zero-order chi connectivity index (χ0) is 25.3. The molecule has 3 aromatic rings. The maximum absolute atomic E-state index is 13.1. The lowest BCUT2D eigenvalue weighted by Crippen LogP contribution is -2.18. The summed E-state index contributed by atoms with van der Waals surface area (Å²) < 4.78 is 41.2. The lowest BCUT2D eigenvalue weighted by Gasteiger charge is -2.25. The van der Waals surface area contributed by atoms with Crippen LogP contribution in [0.2, 0.25) is 0 Å². The number of carboxylic acid groups (broad SMARTS) is 1. The highest BCUT2D eigenvalue weighted by Crippen LogP contribution is 2.36. The Bertz CT molecular complexity index is 1230. The molecule has 0 amide bonds. The van der Waals surface area contributed by atoms with E-state index >= 15 is 0 Å². The average molecular weight is 502 g/mol. The molecule has 5 rings (SSSR count). The first-order valence-electron chi connectivity index (χ1n) is 12.7. The fraction of sp³-hybridized carbons (Fsp3) is 0.538. The third-order valence-electron chi connectivity index (χ3n) is 7.49. The van der Waals surface area contributed by atoms with Crippen LogP contribution >= 0.6 is 0 Å². The van der Waals surface area contributed by atoms with Crippen LogP contribution in [0.4, 0.5) is 19.0 Å². The number of fused-ring (bicyclic) bond motifs is 1. The van der Waals surface area contributed by atoms with Crippen molar-refractivity contribution in [3.8, 4) is 0 Å². The van der Waals surface area contributed by atoms with E-state index in [-0.39, 0.29) is 11.7 Å². The summed E-state index contributed by atoms with van der Waals surface area (Å²) in [6.07, 6.45) is 5.46. The molecular weight excluding hydrogens is 471 g/mol. The number of imidazole rings is 1. The van der Waals surface area contributed by atoms with Crippen molar-refractivity contribution >= 4 is 23.0 Å². The van der Waals surface area contributed by atoms with Crippen LogP contribution in [-0.4, -0.2) is 37.1 Å². The topological polar surface area (TPSA) is 92.9 Å². The number of hydrogen-bond donors (Lipinski definition) is 2. The molecule has 2 N–H and O–H groups in total. The number of halogens is 3. The summed E-state index contributed by atoms with van der Waals surface area (Å²) in [5.41, 5.74) is 0.916. The number of benzene rings is 1. The third kappa shape index (κ3) is 5.17. The van der Waals surface area contributed by atoms with Gasteiger partial charge in [0, 0.05) is 19.0 Å². The van der Waals surface area contributed by atoms with Crippen LogP contribution in [0.25, 0.3) is 11.2 Å². The Morgan fingerprint density at radius 1 is 1.00 bits per heavy atom. The summed E-state index contributed by atoms with van der Waals surface area (Å²) in [7, 11) is 0. The first kappa shape index (κ1) is 24.5. The van der Waals surface area contributed by atoms with Gasteiger partial charge in [-0.2, -0.15) is 13.2 Å². The molecule has 2 heterocycles. The molecule has 2 aliphatic rings. The molecule has 1 aromatic carbocycles. The number of anilines is 1. The van der Waals surface area contributed by atoms with E-state index < -0.39 is 17.7 Å². The first-order chi connectivity index (χ1) is 17.3. The Kier molecular flexibility index (Phi) is 6.85.